The van der Waals surface area contributed by atoms with Crippen molar-refractivity contribution >= 4 is 11.8 Å². The molecule has 0 aromatic carbocycles. The first-order chi connectivity index (χ1) is 7.88. The summed E-state index contributed by atoms with van der Waals surface area (Å²) >= 11 is 0. The van der Waals surface area contributed by atoms with Gasteiger partial charge in [-0.2, -0.15) is 0 Å². The molecule has 4 heteroatoms. The molecule has 1 saturated heterocycles. The van der Waals surface area contributed by atoms with Gasteiger partial charge in [0.25, 0.3) is 0 Å². The Bertz CT molecular complexity index is 338. The summed E-state index contributed by atoms with van der Waals surface area (Å²) in [5, 5.41) is 2.74. The smallest absolute Gasteiger partial charge is 0.248 e. The Kier molecular flexibility index (Phi) is 3.15. The molecule has 0 spiro atoms. The monoisotopic (exact) mass is 238 g/mol. The van der Waals surface area contributed by atoms with Gasteiger partial charge in [0, 0.05) is 6.54 Å². The van der Waals surface area contributed by atoms with Crippen molar-refractivity contribution in [3.63, 3.8) is 0 Å². The minimum atomic E-state index is -0.737. The Labute approximate surface area is 103 Å². The Morgan fingerprint density at radius 1 is 1.35 bits per heavy atom. The van der Waals surface area contributed by atoms with Gasteiger partial charge in [-0.15, -0.1) is 0 Å². The van der Waals surface area contributed by atoms with E-state index in [1.807, 2.05) is 0 Å². The maximum Gasteiger partial charge on any atom is 0.248 e. The minimum absolute atomic E-state index is 0.0411. The highest BCUT2D eigenvalue weighted by Crippen LogP contribution is 2.31. The zero-order valence-electron chi connectivity index (χ0n) is 11.0. The molecule has 0 radical (unpaired) electrons. The van der Waals surface area contributed by atoms with Gasteiger partial charge < -0.3 is 10.2 Å². The van der Waals surface area contributed by atoms with Gasteiger partial charge in [0.1, 0.15) is 5.54 Å². The molecule has 2 amide bonds. The molecule has 1 heterocycles. The number of carbonyl (C=O) groups is 2. The molecule has 0 aromatic rings. The molecule has 0 aromatic heterocycles. The van der Waals surface area contributed by atoms with Crippen molar-refractivity contribution in [2.75, 3.05) is 13.1 Å². The van der Waals surface area contributed by atoms with Crippen LogP contribution in [0.2, 0.25) is 0 Å². The third kappa shape index (κ3) is 2.61. The number of rotatable bonds is 2. The lowest BCUT2D eigenvalue weighted by atomic mass is 9.98. The molecule has 17 heavy (non-hydrogen) atoms. The summed E-state index contributed by atoms with van der Waals surface area (Å²) in [6.07, 6.45) is 3.63. The summed E-state index contributed by atoms with van der Waals surface area (Å²) in [6.45, 7) is 6.79. The van der Waals surface area contributed by atoms with E-state index in [0.29, 0.717) is 5.92 Å². The first kappa shape index (κ1) is 12.4. The lowest BCUT2D eigenvalue weighted by Crippen LogP contribution is -2.64. The Morgan fingerprint density at radius 3 is 2.65 bits per heavy atom. The summed E-state index contributed by atoms with van der Waals surface area (Å²) in [4.78, 5) is 25.5. The molecule has 2 aliphatic rings. The second kappa shape index (κ2) is 4.31. The van der Waals surface area contributed by atoms with E-state index in [1.54, 1.807) is 18.7 Å². The van der Waals surface area contributed by atoms with Crippen molar-refractivity contribution in [2.45, 2.75) is 45.6 Å². The van der Waals surface area contributed by atoms with Crippen LogP contribution < -0.4 is 5.32 Å². The predicted molar refractivity (Wildman–Crippen MR) is 65.3 cm³/mol. The average Bonchev–Trinajstić information content (AvgIpc) is 2.59. The van der Waals surface area contributed by atoms with E-state index >= 15 is 0 Å². The van der Waals surface area contributed by atoms with Gasteiger partial charge in [0.2, 0.25) is 11.8 Å². The van der Waals surface area contributed by atoms with Crippen LogP contribution >= 0.6 is 0 Å². The maximum absolute atomic E-state index is 12.2. The van der Waals surface area contributed by atoms with Crippen LogP contribution in [-0.2, 0) is 9.59 Å². The van der Waals surface area contributed by atoms with Crippen LogP contribution in [0, 0.1) is 11.8 Å². The number of hydrogen-bond donors (Lipinski definition) is 1. The third-order valence-corrected chi connectivity index (χ3v) is 3.89. The molecule has 2 atom stereocenters. The van der Waals surface area contributed by atoms with Gasteiger partial charge in [-0.05, 0) is 38.5 Å². The summed E-state index contributed by atoms with van der Waals surface area (Å²) in [5.41, 5.74) is -0.737. The molecule has 2 unspecified atom stereocenters. The summed E-state index contributed by atoms with van der Waals surface area (Å²) in [5.74, 6) is 1.36. The molecule has 2 rings (SSSR count). The van der Waals surface area contributed by atoms with Crippen molar-refractivity contribution in [1.29, 1.82) is 0 Å². The number of piperazine rings is 1. The van der Waals surface area contributed by atoms with E-state index < -0.39 is 5.54 Å². The predicted octanol–water partition coefficient (Wildman–Crippen LogP) is 1.16. The molecule has 1 aliphatic carbocycles. The van der Waals surface area contributed by atoms with Crippen molar-refractivity contribution in [2.24, 2.45) is 11.8 Å². The zero-order valence-corrected chi connectivity index (χ0v) is 11.0. The fourth-order valence-corrected chi connectivity index (χ4v) is 3.03. The highest BCUT2D eigenvalue weighted by molar-refractivity contribution is 5.97. The summed E-state index contributed by atoms with van der Waals surface area (Å²) in [7, 11) is 0. The van der Waals surface area contributed by atoms with Crippen LogP contribution in [0.15, 0.2) is 0 Å². The third-order valence-electron chi connectivity index (χ3n) is 3.89. The van der Waals surface area contributed by atoms with Gasteiger partial charge in [-0.1, -0.05) is 13.3 Å². The van der Waals surface area contributed by atoms with Crippen molar-refractivity contribution in [3.8, 4) is 0 Å². The van der Waals surface area contributed by atoms with Crippen molar-refractivity contribution in [1.82, 2.24) is 10.2 Å². The van der Waals surface area contributed by atoms with E-state index in [4.69, 9.17) is 0 Å². The van der Waals surface area contributed by atoms with Gasteiger partial charge >= 0.3 is 0 Å². The van der Waals surface area contributed by atoms with Crippen LogP contribution in [0.4, 0.5) is 0 Å². The number of hydrogen-bond acceptors (Lipinski definition) is 2. The highest BCUT2D eigenvalue weighted by atomic mass is 16.2. The van der Waals surface area contributed by atoms with Gasteiger partial charge in [-0.3, -0.25) is 9.59 Å². The number of carbonyl (C=O) groups excluding carboxylic acids is 2. The fourth-order valence-electron chi connectivity index (χ4n) is 3.03. The molecule has 1 N–H and O–H groups in total. The second-order valence-corrected chi connectivity index (χ2v) is 6.14. The van der Waals surface area contributed by atoms with E-state index in [1.165, 1.54) is 19.3 Å². The van der Waals surface area contributed by atoms with E-state index in [-0.39, 0.29) is 18.4 Å². The van der Waals surface area contributed by atoms with Crippen LogP contribution in [0.25, 0.3) is 0 Å². The molecule has 1 saturated carbocycles. The molecule has 2 fully saturated rings. The van der Waals surface area contributed by atoms with Gasteiger partial charge in [0.15, 0.2) is 0 Å². The lowest BCUT2D eigenvalue weighted by molar-refractivity contribution is -0.148. The van der Waals surface area contributed by atoms with Gasteiger partial charge in [-0.25, -0.2) is 0 Å². The Balaban J connectivity index is 2.00. The van der Waals surface area contributed by atoms with E-state index in [2.05, 4.69) is 12.2 Å². The Hall–Kier alpha value is -1.06. The molecule has 1 aliphatic heterocycles. The molecular formula is C13H22N2O2. The summed E-state index contributed by atoms with van der Waals surface area (Å²) in [6, 6.07) is 0. The molecule has 96 valence electrons. The van der Waals surface area contributed by atoms with E-state index in [0.717, 1.165) is 12.5 Å². The zero-order chi connectivity index (χ0) is 12.6. The first-order valence-electron chi connectivity index (χ1n) is 6.49. The number of nitrogens with one attached hydrogen (secondary N) is 1. The quantitative estimate of drug-likeness (QED) is 0.785. The van der Waals surface area contributed by atoms with Crippen LogP contribution in [0.3, 0.4) is 0 Å². The van der Waals surface area contributed by atoms with Crippen molar-refractivity contribution in [3.05, 3.63) is 0 Å². The first-order valence-corrected chi connectivity index (χ1v) is 6.49. The highest BCUT2D eigenvalue weighted by Gasteiger charge is 2.40. The largest absolute Gasteiger partial charge is 0.341 e. The number of nitrogens with zero attached hydrogens (tertiary/aromatic N) is 1. The minimum Gasteiger partial charge on any atom is -0.341 e. The average molecular weight is 238 g/mol. The van der Waals surface area contributed by atoms with Gasteiger partial charge in [0.05, 0.1) is 6.54 Å². The second-order valence-electron chi connectivity index (χ2n) is 6.14. The van der Waals surface area contributed by atoms with Crippen LogP contribution in [-0.4, -0.2) is 35.3 Å². The maximum atomic E-state index is 12.2. The molecule has 0 bridgehead atoms. The van der Waals surface area contributed by atoms with Crippen LogP contribution in [0.1, 0.15) is 40.0 Å². The molecular weight excluding hydrogens is 216 g/mol. The fraction of sp³-hybridized carbons (Fsp3) is 0.846. The SMILES string of the molecule is CC1CCC(CN2CC(=O)NC(C)(C)C2=O)C1. The lowest BCUT2D eigenvalue weighted by Gasteiger charge is -2.38. The Morgan fingerprint density at radius 2 is 2.06 bits per heavy atom. The standard InChI is InChI=1S/C13H22N2O2/c1-9-4-5-10(6-9)7-15-8-11(16)14-13(2,3)12(15)17/h9-10H,4-8H2,1-3H3,(H,14,16). The topological polar surface area (TPSA) is 49.4 Å². The number of amides is 2. The van der Waals surface area contributed by atoms with Crippen molar-refractivity contribution < 1.29 is 9.59 Å². The summed E-state index contributed by atoms with van der Waals surface area (Å²) < 4.78 is 0. The van der Waals surface area contributed by atoms with Crippen LogP contribution in [0.5, 0.6) is 0 Å². The van der Waals surface area contributed by atoms with E-state index in [9.17, 15) is 9.59 Å². The normalized spacial score (nSPS) is 32.8. The molecule has 4 nitrogen and oxygen atoms in total.